The second kappa shape index (κ2) is 10.7. The molecule has 2 N–H and O–H groups in total. The van der Waals surface area contributed by atoms with Gasteiger partial charge in [-0.1, -0.05) is 24.3 Å². The van der Waals surface area contributed by atoms with Crippen LogP contribution in [0.4, 0.5) is 5.69 Å². The Morgan fingerprint density at radius 1 is 1.03 bits per heavy atom. The Balaban J connectivity index is 1.40. The molecule has 0 radical (unpaired) electrons. The molecule has 1 amide bonds. The topological polar surface area (TPSA) is 75.1 Å². The Bertz CT molecular complexity index is 1340. The number of thiocarbonyl (C=S) groups is 1. The monoisotopic (exact) mass is 496 g/mol. The lowest BCUT2D eigenvalue weighted by molar-refractivity contribution is -0.116. The minimum atomic E-state index is -0.143. The Morgan fingerprint density at radius 2 is 1.86 bits per heavy atom. The van der Waals surface area contributed by atoms with E-state index < -0.39 is 0 Å². The Morgan fingerprint density at radius 3 is 2.61 bits per heavy atom. The molecule has 8 heteroatoms. The van der Waals surface area contributed by atoms with E-state index in [1.165, 1.54) is 0 Å². The molecule has 7 nitrogen and oxygen atoms in total. The van der Waals surface area contributed by atoms with Crippen LogP contribution in [0.3, 0.4) is 0 Å². The van der Waals surface area contributed by atoms with Gasteiger partial charge in [-0.25, -0.2) is 0 Å². The van der Waals surface area contributed by atoms with Gasteiger partial charge in [-0.05, 0) is 73.2 Å². The van der Waals surface area contributed by atoms with E-state index in [2.05, 4.69) is 42.3 Å². The zero-order valence-corrected chi connectivity index (χ0v) is 20.9. The SMILES string of the molecule is Cc1cccc(NC(=O)CCN2C(=S)N[C@@H](c3ccccn3)[C@@H]2c2cccn2Cc2ccccn2)c1. The molecule has 2 atom stereocenters. The van der Waals surface area contributed by atoms with Gasteiger partial charge in [-0.3, -0.25) is 14.8 Å². The van der Waals surface area contributed by atoms with Gasteiger partial charge in [-0.2, -0.15) is 0 Å². The number of anilines is 1. The van der Waals surface area contributed by atoms with Crippen LogP contribution in [0.2, 0.25) is 0 Å². The molecule has 1 fully saturated rings. The van der Waals surface area contributed by atoms with Crippen molar-refractivity contribution in [3.63, 3.8) is 0 Å². The first-order valence-electron chi connectivity index (χ1n) is 12.0. The molecule has 0 bridgehead atoms. The van der Waals surface area contributed by atoms with Crippen molar-refractivity contribution in [3.05, 3.63) is 114 Å². The predicted octanol–water partition coefficient (Wildman–Crippen LogP) is 4.64. The van der Waals surface area contributed by atoms with Gasteiger partial charge in [0.1, 0.15) is 0 Å². The van der Waals surface area contributed by atoms with Gasteiger partial charge in [0, 0.05) is 42.9 Å². The second-order valence-electron chi connectivity index (χ2n) is 8.87. The number of pyridine rings is 2. The third kappa shape index (κ3) is 5.28. The highest BCUT2D eigenvalue weighted by Gasteiger charge is 2.41. The number of hydrogen-bond donors (Lipinski definition) is 2. The maximum absolute atomic E-state index is 12.8. The van der Waals surface area contributed by atoms with Gasteiger partial charge in [0.25, 0.3) is 0 Å². The molecule has 0 unspecified atom stereocenters. The normalized spacial score (nSPS) is 17.1. The van der Waals surface area contributed by atoms with Crippen LogP contribution >= 0.6 is 12.2 Å². The van der Waals surface area contributed by atoms with Crippen LogP contribution in [-0.4, -0.2) is 37.0 Å². The first-order valence-corrected chi connectivity index (χ1v) is 12.4. The molecule has 1 saturated heterocycles. The molecule has 0 spiro atoms. The van der Waals surface area contributed by atoms with E-state index >= 15 is 0 Å². The van der Waals surface area contributed by atoms with Crippen molar-refractivity contribution in [2.24, 2.45) is 0 Å². The molecule has 1 aromatic carbocycles. The highest BCUT2D eigenvalue weighted by molar-refractivity contribution is 7.80. The van der Waals surface area contributed by atoms with Crippen LogP contribution in [-0.2, 0) is 11.3 Å². The van der Waals surface area contributed by atoms with Crippen molar-refractivity contribution in [3.8, 4) is 0 Å². The van der Waals surface area contributed by atoms with Crippen LogP contribution in [0.25, 0.3) is 0 Å². The van der Waals surface area contributed by atoms with Gasteiger partial charge < -0.3 is 20.1 Å². The summed E-state index contributed by atoms with van der Waals surface area (Å²) >= 11 is 5.77. The molecule has 36 heavy (non-hydrogen) atoms. The molecule has 3 aromatic heterocycles. The van der Waals surface area contributed by atoms with Gasteiger partial charge in [0.15, 0.2) is 5.11 Å². The van der Waals surface area contributed by atoms with Crippen molar-refractivity contribution in [2.75, 3.05) is 11.9 Å². The van der Waals surface area contributed by atoms with Gasteiger partial charge in [0.2, 0.25) is 5.91 Å². The summed E-state index contributed by atoms with van der Waals surface area (Å²) in [6, 6.07) is 23.5. The number of aryl methyl sites for hydroxylation is 1. The van der Waals surface area contributed by atoms with Crippen molar-refractivity contribution in [2.45, 2.75) is 32.0 Å². The highest BCUT2D eigenvalue weighted by atomic mass is 32.1. The van der Waals surface area contributed by atoms with Crippen LogP contribution in [0, 0.1) is 6.92 Å². The molecule has 5 rings (SSSR count). The van der Waals surface area contributed by atoms with Crippen molar-refractivity contribution in [1.29, 1.82) is 0 Å². The van der Waals surface area contributed by atoms with Crippen molar-refractivity contribution < 1.29 is 4.79 Å². The third-order valence-electron chi connectivity index (χ3n) is 6.31. The predicted molar refractivity (Wildman–Crippen MR) is 144 cm³/mol. The van der Waals surface area contributed by atoms with E-state index in [1.54, 1.807) is 12.4 Å². The number of nitrogens with zero attached hydrogens (tertiary/aromatic N) is 4. The van der Waals surface area contributed by atoms with Gasteiger partial charge in [0.05, 0.1) is 30.0 Å². The molecule has 0 saturated carbocycles. The summed E-state index contributed by atoms with van der Waals surface area (Å²) in [6.45, 7) is 3.13. The largest absolute Gasteiger partial charge is 0.352 e. The van der Waals surface area contributed by atoms with Crippen LogP contribution < -0.4 is 10.6 Å². The maximum atomic E-state index is 12.8. The minimum absolute atomic E-state index is 0.0488. The number of nitrogens with one attached hydrogen (secondary N) is 2. The smallest absolute Gasteiger partial charge is 0.226 e. The zero-order chi connectivity index (χ0) is 24.9. The molecule has 1 aliphatic heterocycles. The summed E-state index contributed by atoms with van der Waals surface area (Å²) < 4.78 is 2.19. The average Bonchev–Trinajstić information content (AvgIpc) is 3.47. The fourth-order valence-corrected chi connectivity index (χ4v) is 4.97. The van der Waals surface area contributed by atoms with Crippen LogP contribution in [0.5, 0.6) is 0 Å². The number of carbonyl (C=O) groups excluding carboxylic acids is 1. The number of aromatic nitrogens is 3. The molecule has 4 heterocycles. The van der Waals surface area contributed by atoms with E-state index in [4.69, 9.17) is 12.2 Å². The Labute approximate surface area is 216 Å². The summed E-state index contributed by atoms with van der Waals surface area (Å²) in [7, 11) is 0. The number of rotatable bonds is 8. The molecular formula is C28H28N6OS. The second-order valence-corrected chi connectivity index (χ2v) is 9.26. The zero-order valence-electron chi connectivity index (χ0n) is 20.0. The number of carbonyl (C=O) groups is 1. The first kappa shape index (κ1) is 23.7. The lowest BCUT2D eigenvalue weighted by atomic mass is 10.0. The quantitative estimate of drug-likeness (QED) is 0.346. The molecule has 182 valence electrons. The standard InChI is InChI=1S/C28H28N6OS/c1-20-8-6-10-21(18-20)31-25(35)13-17-34-27(26(32-28(34)36)23-11-3-5-15-30-23)24-12-7-16-33(24)19-22-9-2-4-14-29-22/h2-12,14-16,18,26-27H,13,17,19H2,1H3,(H,31,35)(H,32,36)/t26-,27-/m0/s1. The van der Waals surface area contributed by atoms with E-state index in [9.17, 15) is 4.79 Å². The summed E-state index contributed by atoms with van der Waals surface area (Å²) in [5, 5.41) is 7.08. The van der Waals surface area contributed by atoms with E-state index in [-0.39, 0.29) is 18.0 Å². The first-order chi connectivity index (χ1) is 17.6. The minimum Gasteiger partial charge on any atom is -0.352 e. The third-order valence-corrected chi connectivity index (χ3v) is 6.66. The summed E-state index contributed by atoms with van der Waals surface area (Å²) in [4.78, 5) is 24.0. The number of benzene rings is 1. The van der Waals surface area contributed by atoms with Crippen molar-refractivity contribution in [1.82, 2.24) is 24.8 Å². The molecular weight excluding hydrogens is 468 g/mol. The summed E-state index contributed by atoms with van der Waals surface area (Å²) in [6.07, 6.45) is 5.97. The van der Waals surface area contributed by atoms with E-state index in [1.807, 2.05) is 73.7 Å². The van der Waals surface area contributed by atoms with E-state index in [0.29, 0.717) is 24.6 Å². The number of amides is 1. The highest BCUT2D eigenvalue weighted by Crippen LogP contribution is 2.39. The summed E-state index contributed by atoms with van der Waals surface area (Å²) in [5.74, 6) is -0.0488. The summed E-state index contributed by atoms with van der Waals surface area (Å²) in [5.41, 5.74) is 4.87. The fourth-order valence-electron chi connectivity index (χ4n) is 4.64. The Hall–Kier alpha value is -4.04. The van der Waals surface area contributed by atoms with Gasteiger partial charge >= 0.3 is 0 Å². The van der Waals surface area contributed by atoms with Crippen LogP contribution in [0.1, 0.15) is 41.1 Å². The molecule has 1 aliphatic rings. The maximum Gasteiger partial charge on any atom is 0.226 e. The van der Waals surface area contributed by atoms with Crippen LogP contribution in [0.15, 0.2) is 91.4 Å². The lowest BCUT2D eigenvalue weighted by Crippen LogP contribution is -2.33. The lowest BCUT2D eigenvalue weighted by Gasteiger charge is -2.28. The van der Waals surface area contributed by atoms with Crippen molar-refractivity contribution >= 4 is 28.9 Å². The average molecular weight is 497 g/mol. The van der Waals surface area contributed by atoms with E-state index in [0.717, 1.165) is 28.3 Å². The fraction of sp³-hybridized carbons (Fsp3) is 0.214. The number of hydrogen-bond acceptors (Lipinski definition) is 4. The molecule has 4 aromatic rings. The van der Waals surface area contributed by atoms with Gasteiger partial charge in [-0.15, -0.1) is 0 Å². The Kier molecular flexibility index (Phi) is 7.04. The molecule has 0 aliphatic carbocycles.